The maximum atomic E-state index is 13.4. The summed E-state index contributed by atoms with van der Waals surface area (Å²) in [5.74, 6) is -1.73. The average Bonchev–Trinajstić information content (AvgIpc) is 3.16. The van der Waals surface area contributed by atoms with E-state index in [0.29, 0.717) is 0 Å². The number of rotatable bonds is 11. The van der Waals surface area contributed by atoms with E-state index in [4.69, 9.17) is 18.1 Å². The topological polar surface area (TPSA) is 117 Å². The van der Waals surface area contributed by atoms with Gasteiger partial charge < -0.3 is 18.1 Å². The molecule has 0 saturated heterocycles. The van der Waals surface area contributed by atoms with Gasteiger partial charge in [0.05, 0.1) is 26.4 Å². The molecule has 0 bridgehead atoms. The van der Waals surface area contributed by atoms with E-state index < -0.39 is 26.9 Å². The van der Waals surface area contributed by atoms with Crippen LogP contribution in [-0.4, -0.2) is 53.6 Å². The molecule has 12 heteroatoms. The molecule has 1 unspecified atom stereocenters. The first kappa shape index (κ1) is 23.9. The van der Waals surface area contributed by atoms with Gasteiger partial charge >= 0.3 is 15.2 Å². The lowest BCUT2D eigenvalue weighted by molar-refractivity contribution is 0.0719. The maximum absolute atomic E-state index is 13.4. The van der Waals surface area contributed by atoms with Crippen LogP contribution >= 0.6 is 15.2 Å². The van der Waals surface area contributed by atoms with Crippen molar-refractivity contribution in [3.8, 4) is 0 Å². The molecule has 1 aromatic heterocycles. The van der Waals surface area contributed by atoms with Crippen LogP contribution in [0.15, 0.2) is 29.5 Å². The van der Waals surface area contributed by atoms with Crippen molar-refractivity contribution >= 4 is 26.6 Å². The van der Waals surface area contributed by atoms with Crippen LogP contribution in [0.2, 0.25) is 0 Å². The zero-order chi connectivity index (χ0) is 21.5. The van der Waals surface area contributed by atoms with E-state index in [1.54, 1.807) is 39.8 Å². The fourth-order valence-corrected chi connectivity index (χ4v) is 6.54. The Morgan fingerprint density at radius 2 is 1.62 bits per heavy atom. The Kier molecular flexibility index (Phi) is 8.70. The Morgan fingerprint density at radius 1 is 1.03 bits per heavy atom. The zero-order valence-corrected chi connectivity index (χ0v) is 18.8. The first-order valence-corrected chi connectivity index (χ1v) is 12.6. The molecule has 1 aliphatic heterocycles. The van der Waals surface area contributed by atoms with Gasteiger partial charge in [-0.2, -0.15) is 5.10 Å². The Labute approximate surface area is 170 Å². The fraction of sp³-hybridized carbons (Fsp3) is 0.588. The second kappa shape index (κ2) is 10.6. The van der Waals surface area contributed by atoms with Crippen LogP contribution in [0, 0.1) is 0 Å². The van der Waals surface area contributed by atoms with E-state index in [1.807, 2.05) is 0 Å². The molecule has 0 N–H and O–H groups in total. The summed E-state index contributed by atoms with van der Waals surface area (Å²) in [5, 5.41) is 5.17. The van der Waals surface area contributed by atoms with Crippen molar-refractivity contribution < 1.29 is 32.0 Å². The highest BCUT2D eigenvalue weighted by Gasteiger charge is 2.51. The van der Waals surface area contributed by atoms with Crippen LogP contribution in [-0.2, 0) is 27.2 Å². The Bertz CT molecular complexity index is 799. The van der Waals surface area contributed by atoms with Gasteiger partial charge in [0.15, 0.2) is 11.2 Å². The lowest BCUT2D eigenvalue weighted by Crippen LogP contribution is -2.34. The molecule has 10 nitrogen and oxygen atoms in total. The number of aromatic nitrogens is 1. The van der Waals surface area contributed by atoms with Crippen molar-refractivity contribution in [2.45, 2.75) is 39.9 Å². The van der Waals surface area contributed by atoms with Crippen LogP contribution in [0.5, 0.6) is 0 Å². The number of pyridine rings is 1. The number of nitrogens with zero attached hydrogens (tertiary/aromatic N) is 3. The highest BCUT2D eigenvalue weighted by atomic mass is 31.2. The van der Waals surface area contributed by atoms with E-state index in [1.165, 1.54) is 12.3 Å². The van der Waals surface area contributed by atoms with Crippen LogP contribution in [0.4, 0.5) is 0 Å². The summed E-state index contributed by atoms with van der Waals surface area (Å²) in [7, 11) is -7.59. The van der Waals surface area contributed by atoms with Crippen molar-refractivity contribution in [1.29, 1.82) is 0 Å². The number of hydrogen-bond donors (Lipinski definition) is 0. The lowest BCUT2D eigenvalue weighted by atomic mass is 10.3. The van der Waals surface area contributed by atoms with Crippen molar-refractivity contribution in [3.05, 3.63) is 30.1 Å². The normalized spacial score (nSPS) is 17.4. The molecular formula is C17H27N3O7P2. The van der Waals surface area contributed by atoms with Gasteiger partial charge in [-0.05, 0) is 39.8 Å². The van der Waals surface area contributed by atoms with Gasteiger partial charge in [0.1, 0.15) is 5.69 Å². The summed E-state index contributed by atoms with van der Waals surface area (Å²) < 4.78 is 48.2. The van der Waals surface area contributed by atoms with Crippen LogP contribution in [0.3, 0.4) is 0 Å². The molecule has 1 aliphatic rings. The Morgan fingerprint density at radius 3 is 2.10 bits per heavy atom. The highest BCUT2D eigenvalue weighted by molar-refractivity contribution is 7.72. The van der Waals surface area contributed by atoms with Gasteiger partial charge in [0.2, 0.25) is 0 Å². The minimum absolute atomic E-state index is 0.00453. The van der Waals surface area contributed by atoms with E-state index in [-0.39, 0.29) is 44.0 Å². The fourth-order valence-electron chi connectivity index (χ4n) is 2.78. The third-order valence-corrected chi connectivity index (χ3v) is 8.33. The van der Waals surface area contributed by atoms with E-state index >= 15 is 0 Å². The van der Waals surface area contributed by atoms with Crippen molar-refractivity contribution in [2.24, 2.45) is 5.10 Å². The second-order valence-corrected chi connectivity index (χ2v) is 9.99. The molecule has 0 aromatic carbocycles. The number of hydrogen-bond acceptors (Lipinski definition) is 9. The molecule has 2 heterocycles. The van der Waals surface area contributed by atoms with Gasteiger partial charge in [0.25, 0.3) is 5.91 Å². The third kappa shape index (κ3) is 5.40. The van der Waals surface area contributed by atoms with Crippen LogP contribution < -0.4 is 0 Å². The standard InChI is InChI=1S/C17H27N3O7P2/c1-5-24-28(22,25-6-2)15-13-16(29(23,26-7-3)27-8-4)20(19-15)17(21)14-11-9-10-12-18-14/h9-12,16H,5-8,13H2,1-4H3. The first-order valence-electron chi connectivity index (χ1n) is 9.45. The summed E-state index contributed by atoms with van der Waals surface area (Å²) in [6.07, 6.45) is 1.33. The second-order valence-electron chi connectivity index (χ2n) is 5.77. The monoisotopic (exact) mass is 447 g/mol. The van der Waals surface area contributed by atoms with Gasteiger partial charge in [0, 0.05) is 12.6 Å². The van der Waals surface area contributed by atoms with Crippen molar-refractivity contribution in [3.63, 3.8) is 0 Å². The van der Waals surface area contributed by atoms with E-state index in [9.17, 15) is 13.9 Å². The van der Waals surface area contributed by atoms with Gasteiger partial charge in [-0.15, -0.1) is 0 Å². The largest absolute Gasteiger partial charge is 0.377 e. The quantitative estimate of drug-likeness (QED) is 0.466. The molecule has 1 amide bonds. The molecule has 0 spiro atoms. The van der Waals surface area contributed by atoms with Gasteiger partial charge in [-0.1, -0.05) is 6.07 Å². The minimum atomic E-state index is -3.81. The van der Waals surface area contributed by atoms with Crippen LogP contribution in [0.1, 0.15) is 44.6 Å². The van der Waals surface area contributed by atoms with Crippen molar-refractivity contribution in [2.75, 3.05) is 26.4 Å². The molecule has 1 aromatic rings. The Balaban J connectivity index is 2.51. The van der Waals surface area contributed by atoms with Crippen LogP contribution in [0.25, 0.3) is 0 Å². The Hall–Kier alpha value is -1.41. The third-order valence-electron chi connectivity index (χ3n) is 3.86. The summed E-state index contributed by atoms with van der Waals surface area (Å²) >= 11 is 0. The number of carbonyl (C=O) groups is 1. The number of carbonyl (C=O) groups excluding carboxylic acids is 1. The highest BCUT2D eigenvalue weighted by Crippen LogP contribution is 2.61. The van der Waals surface area contributed by atoms with Gasteiger partial charge in [-0.3, -0.25) is 18.9 Å². The first-order chi connectivity index (χ1) is 13.8. The molecule has 0 saturated carbocycles. The zero-order valence-electron chi connectivity index (χ0n) is 17.0. The molecule has 1 atom stereocenters. The summed E-state index contributed by atoms with van der Waals surface area (Å²) in [5.41, 5.74) is 0.0832. The number of amides is 1. The minimum Gasteiger partial charge on any atom is -0.307 e. The molecule has 2 rings (SSSR count). The SMILES string of the molecule is CCOP(=O)(OCC)C1=NN(C(=O)c2ccccn2)C(P(=O)(OCC)OCC)C1. The lowest BCUT2D eigenvalue weighted by Gasteiger charge is -2.28. The smallest absolute Gasteiger partial charge is 0.307 e. The summed E-state index contributed by atoms with van der Waals surface area (Å²) in [4.78, 5) is 17.1. The summed E-state index contributed by atoms with van der Waals surface area (Å²) in [6.45, 7) is 7.10. The van der Waals surface area contributed by atoms with E-state index in [2.05, 4.69) is 10.1 Å². The van der Waals surface area contributed by atoms with Gasteiger partial charge in [-0.25, -0.2) is 5.01 Å². The molecule has 0 aliphatic carbocycles. The molecule has 0 radical (unpaired) electrons. The number of hydrazone groups is 1. The molecule has 162 valence electrons. The molecule has 29 heavy (non-hydrogen) atoms. The molecule has 0 fully saturated rings. The molecular weight excluding hydrogens is 420 g/mol. The van der Waals surface area contributed by atoms with E-state index in [0.717, 1.165) is 5.01 Å². The average molecular weight is 447 g/mol. The van der Waals surface area contributed by atoms with Crippen molar-refractivity contribution in [1.82, 2.24) is 9.99 Å². The predicted molar refractivity (Wildman–Crippen MR) is 108 cm³/mol. The summed E-state index contributed by atoms with van der Waals surface area (Å²) in [6, 6.07) is 4.81. The predicted octanol–water partition coefficient (Wildman–Crippen LogP) is 4.10. The maximum Gasteiger partial charge on any atom is 0.377 e.